The molecule has 6 saturated heterocycles. The molecule has 2 aromatic heterocycles. The standard InChI is InChI=1S/C31H36N6O9/c38-13-30-7-5-28(45-30,20-22(30)26(43)36(24(20)41)11-17-9-32-15-34-17)3-1-19(40)2-4-29-6-8-31(14-39,46-29)23-21(29)25(42)37(27(23)44)12-18-10-33-16-35-18/h9-10,15-16,20-23,38-39H,1-8,11-14H2,(H,32,34)(H,33,35). The number of amides is 4. The number of carbonyl (C=O) groups is 5. The second-order valence-corrected chi connectivity index (χ2v) is 13.9. The molecule has 46 heavy (non-hydrogen) atoms. The van der Waals surface area contributed by atoms with Gasteiger partial charge in [0.15, 0.2) is 0 Å². The Hall–Kier alpha value is -3.79. The summed E-state index contributed by atoms with van der Waals surface area (Å²) in [6, 6.07) is 0. The molecule has 8 atom stereocenters. The molecule has 15 nitrogen and oxygen atoms in total. The second-order valence-electron chi connectivity index (χ2n) is 13.9. The summed E-state index contributed by atoms with van der Waals surface area (Å²) < 4.78 is 12.8. The van der Waals surface area contributed by atoms with Crippen LogP contribution in [0.3, 0.4) is 0 Å². The van der Waals surface area contributed by atoms with Gasteiger partial charge < -0.3 is 29.7 Å². The van der Waals surface area contributed by atoms with E-state index in [1.807, 2.05) is 0 Å². The molecule has 244 valence electrons. The maximum Gasteiger partial charge on any atom is 0.236 e. The number of ketones is 1. The molecule has 0 radical (unpaired) electrons. The van der Waals surface area contributed by atoms with Crippen molar-refractivity contribution in [1.29, 1.82) is 0 Å². The third-order valence-electron chi connectivity index (χ3n) is 11.8. The van der Waals surface area contributed by atoms with Gasteiger partial charge >= 0.3 is 0 Å². The Balaban J connectivity index is 0.966. The number of Topliss-reactive ketones (excluding diaryl/α,β-unsaturated/α-hetero) is 1. The first kappa shape index (κ1) is 29.6. The lowest BCUT2D eigenvalue weighted by molar-refractivity contribution is -0.153. The molecule has 6 aliphatic heterocycles. The average molecular weight is 637 g/mol. The molecule has 4 N–H and O–H groups in total. The number of imide groups is 2. The van der Waals surface area contributed by atoms with Crippen LogP contribution in [-0.4, -0.2) is 105 Å². The van der Waals surface area contributed by atoms with E-state index in [9.17, 15) is 34.2 Å². The third kappa shape index (κ3) is 3.88. The normalized spacial score (nSPS) is 38.9. The first-order valence-electron chi connectivity index (χ1n) is 15.9. The van der Waals surface area contributed by atoms with E-state index in [-0.39, 0.29) is 68.2 Å². The van der Waals surface area contributed by atoms with E-state index in [1.165, 1.54) is 22.5 Å². The van der Waals surface area contributed by atoms with Gasteiger partial charge in [-0.3, -0.25) is 33.8 Å². The summed E-state index contributed by atoms with van der Waals surface area (Å²) in [5.41, 5.74) is -3.21. The third-order valence-corrected chi connectivity index (χ3v) is 11.8. The van der Waals surface area contributed by atoms with E-state index >= 15 is 0 Å². The number of imidazole rings is 2. The van der Waals surface area contributed by atoms with Crippen LogP contribution < -0.4 is 0 Å². The number of aromatic amines is 2. The molecule has 6 fully saturated rings. The molecule has 0 spiro atoms. The fourth-order valence-corrected chi connectivity index (χ4v) is 9.61. The SMILES string of the molecule is O=C(CCC12CCC(CO)(O1)C1C(=O)N(Cc3cnc[nH]3)C(=O)C12)CCC12CCC(CO)(O1)C1C(=O)N(Cc3cnc[nH]3)C(=O)C12. The van der Waals surface area contributed by atoms with Crippen LogP contribution in [0.15, 0.2) is 25.0 Å². The van der Waals surface area contributed by atoms with E-state index < -0.39 is 59.3 Å². The van der Waals surface area contributed by atoms with Crippen molar-refractivity contribution < 1.29 is 43.7 Å². The number of aliphatic hydroxyl groups is 2. The van der Waals surface area contributed by atoms with Crippen molar-refractivity contribution >= 4 is 29.4 Å². The van der Waals surface area contributed by atoms with Gasteiger partial charge in [-0.25, -0.2) is 9.97 Å². The summed E-state index contributed by atoms with van der Waals surface area (Å²) in [6.45, 7) is -0.720. The van der Waals surface area contributed by atoms with Gasteiger partial charge in [-0.1, -0.05) is 0 Å². The minimum absolute atomic E-state index is 0.0430. The molecule has 4 amide bonds. The maximum atomic E-state index is 13.7. The van der Waals surface area contributed by atoms with Crippen LogP contribution in [0.5, 0.6) is 0 Å². The number of hydrogen-bond acceptors (Lipinski definition) is 11. The highest BCUT2D eigenvalue weighted by atomic mass is 16.6. The van der Waals surface area contributed by atoms with E-state index in [0.717, 1.165) is 0 Å². The number of fused-ring (bicyclic) bond motifs is 10. The van der Waals surface area contributed by atoms with Gasteiger partial charge in [0.25, 0.3) is 0 Å². The number of aliphatic hydroxyl groups excluding tert-OH is 2. The predicted octanol–water partition coefficient (Wildman–Crippen LogP) is -0.247. The minimum Gasteiger partial charge on any atom is -0.393 e. The van der Waals surface area contributed by atoms with Crippen LogP contribution in [0, 0.1) is 23.7 Å². The van der Waals surface area contributed by atoms with Crippen LogP contribution in [0.4, 0.5) is 0 Å². The Morgan fingerprint density at radius 1 is 0.696 bits per heavy atom. The van der Waals surface area contributed by atoms with Gasteiger partial charge in [-0.05, 0) is 38.5 Å². The van der Waals surface area contributed by atoms with Gasteiger partial charge in [0.2, 0.25) is 23.6 Å². The fourth-order valence-electron chi connectivity index (χ4n) is 9.61. The number of carbonyl (C=O) groups excluding carboxylic acids is 5. The molecule has 8 heterocycles. The topological polar surface area (TPSA) is 208 Å². The molecular weight excluding hydrogens is 600 g/mol. The van der Waals surface area contributed by atoms with Crippen molar-refractivity contribution in [2.24, 2.45) is 23.7 Å². The fraction of sp³-hybridized carbons (Fsp3) is 0.645. The molecule has 8 unspecified atom stereocenters. The lowest BCUT2D eigenvalue weighted by atomic mass is 9.66. The van der Waals surface area contributed by atoms with Crippen LogP contribution in [0.25, 0.3) is 0 Å². The first-order valence-corrected chi connectivity index (χ1v) is 15.9. The summed E-state index contributed by atoms with van der Waals surface area (Å²) in [7, 11) is 0. The lowest BCUT2D eigenvalue weighted by Gasteiger charge is -2.32. The van der Waals surface area contributed by atoms with Crippen molar-refractivity contribution in [1.82, 2.24) is 29.7 Å². The lowest BCUT2D eigenvalue weighted by Crippen LogP contribution is -2.45. The van der Waals surface area contributed by atoms with E-state index in [4.69, 9.17) is 9.47 Å². The zero-order chi connectivity index (χ0) is 32.1. The van der Waals surface area contributed by atoms with E-state index in [0.29, 0.717) is 37.1 Å². The molecule has 4 bridgehead atoms. The Morgan fingerprint density at radius 2 is 1.07 bits per heavy atom. The van der Waals surface area contributed by atoms with Gasteiger partial charge in [0, 0.05) is 25.2 Å². The first-order chi connectivity index (χ1) is 22.1. The number of aromatic nitrogens is 4. The number of likely N-dealkylation sites (tertiary alicyclic amines) is 2. The largest absolute Gasteiger partial charge is 0.393 e. The molecule has 0 aliphatic carbocycles. The predicted molar refractivity (Wildman–Crippen MR) is 151 cm³/mol. The highest BCUT2D eigenvalue weighted by Gasteiger charge is 2.76. The van der Waals surface area contributed by atoms with Crippen molar-refractivity contribution in [2.45, 2.75) is 86.9 Å². The summed E-state index contributed by atoms with van der Waals surface area (Å²) in [5, 5.41) is 20.7. The number of nitrogens with zero attached hydrogens (tertiary/aromatic N) is 4. The molecule has 0 saturated carbocycles. The molecular formula is C31H36N6O9. The monoisotopic (exact) mass is 636 g/mol. The van der Waals surface area contributed by atoms with Crippen LogP contribution in [-0.2, 0) is 46.5 Å². The molecule has 0 aromatic carbocycles. The Morgan fingerprint density at radius 3 is 1.41 bits per heavy atom. The van der Waals surface area contributed by atoms with Crippen LogP contribution in [0.2, 0.25) is 0 Å². The van der Waals surface area contributed by atoms with Gasteiger partial charge in [-0.15, -0.1) is 0 Å². The van der Waals surface area contributed by atoms with Crippen molar-refractivity contribution in [3.63, 3.8) is 0 Å². The number of H-pyrrole nitrogens is 2. The van der Waals surface area contributed by atoms with E-state index in [1.54, 1.807) is 12.4 Å². The summed E-state index contributed by atoms with van der Waals surface area (Å²) in [5.74, 6) is -4.86. The second kappa shape index (κ2) is 10.1. The van der Waals surface area contributed by atoms with Gasteiger partial charge in [0.1, 0.15) is 17.0 Å². The molecule has 15 heteroatoms. The van der Waals surface area contributed by atoms with Crippen molar-refractivity contribution in [2.75, 3.05) is 13.2 Å². The summed E-state index contributed by atoms with van der Waals surface area (Å²) in [6.07, 6.45) is 8.30. The summed E-state index contributed by atoms with van der Waals surface area (Å²) in [4.78, 5) is 84.0. The highest BCUT2D eigenvalue weighted by Crippen LogP contribution is 2.64. The molecule has 8 rings (SSSR count). The zero-order valence-electron chi connectivity index (χ0n) is 25.1. The maximum absolute atomic E-state index is 13.7. The van der Waals surface area contributed by atoms with E-state index in [2.05, 4.69) is 19.9 Å². The molecule has 6 aliphatic rings. The quantitative estimate of drug-likeness (QED) is 0.223. The number of rotatable bonds is 12. The Labute approximate surface area is 263 Å². The Bertz CT molecular complexity index is 1500. The van der Waals surface area contributed by atoms with Crippen LogP contribution in [0.1, 0.15) is 62.8 Å². The average Bonchev–Trinajstić information content (AvgIpc) is 3.92. The summed E-state index contributed by atoms with van der Waals surface area (Å²) >= 11 is 0. The highest BCUT2D eigenvalue weighted by molar-refractivity contribution is 6.08. The molecule has 2 aromatic rings. The van der Waals surface area contributed by atoms with Crippen molar-refractivity contribution in [3.05, 3.63) is 36.4 Å². The zero-order valence-corrected chi connectivity index (χ0v) is 25.1. The number of ether oxygens (including phenoxy) is 2. The number of hydrogen-bond donors (Lipinski definition) is 4. The van der Waals surface area contributed by atoms with Crippen molar-refractivity contribution in [3.8, 4) is 0 Å². The van der Waals surface area contributed by atoms with Gasteiger partial charge in [0.05, 0.1) is 85.2 Å². The minimum atomic E-state index is -1.16. The number of nitrogens with one attached hydrogen (secondary N) is 2. The Kier molecular flexibility index (Phi) is 6.50. The van der Waals surface area contributed by atoms with Gasteiger partial charge in [-0.2, -0.15) is 0 Å². The smallest absolute Gasteiger partial charge is 0.236 e. The van der Waals surface area contributed by atoms with Crippen LogP contribution >= 0.6 is 0 Å².